The molecule has 2 nitrogen and oxygen atoms in total. The van der Waals surface area contributed by atoms with Gasteiger partial charge in [-0.05, 0) is 0 Å². The molecule has 0 atom stereocenters. The molecule has 1 aliphatic rings. The van der Waals surface area contributed by atoms with Crippen molar-refractivity contribution in [3.05, 3.63) is 0 Å². The van der Waals surface area contributed by atoms with Gasteiger partial charge < -0.3 is 0 Å². The van der Waals surface area contributed by atoms with E-state index >= 15 is 0 Å². The van der Waals surface area contributed by atoms with E-state index in [1.54, 1.807) is 0 Å². The van der Waals surface area contributed by atoms with Crippen molar-refractivity contribution in [2.24, 2.45) is 0 Å². The van der Waals surface area contributed by atoms with Gasteiger partial charge in [0, 0.05) is 0 Å². The Morgan fingerprint density at radius 1 is 1.80 bits per heavy atom. The van der Waals surface area contributed by atoms with E-state index in [-0.39, 0.29) is 0 Å². The molecule has 1 fully saturated rings. The second kappa shape index (κ2) is 2.00. The third kappa shape index (κ3) is 1.07. The van der Waals surface area contributed by atoms with Gasteiger partial charge in [0.15, 0.2) is 0 Å². The number of nitrogens with one attached hydrogen (secondary N) is 1. The van der Waals surface area contributed by atoms with Crippen LogP contribution < -0.4 is 3.70 Å². The molecule has 5 heavy (non-hydrogen) atoms. The fraction of sp³-hybridized carbons (Fsp3) is 1.00. The van der Waals surface area contributed by atoms with Crippen molar-refractivity contribution in [2.75, 3.05) is 6.61 Å². The number of hydrogen-bond donors (Lipinski definition) is 1. The van der Waals surface area contributed by atoms with Crippen molar-refractivity contribution >= 4 is 21.4 Å². The molecule has 1 rings (SSSR count). The predicted molar refractivity (Wildman–Crippen MR) is 22.4 cm³/mol. The van der Waals surface area contributed by atoms with E-state index in [2.05, 4.69) is 3.70 Å². The first-order chi connectivity index (χ1) is 2.50. The van der Waals surface area contributed by atoms with Gasteiger partial charge in [-0.2, -0.15) is 0 Å². The van der Waals surface area contributed by atoms with Crippen LogP contribution in [0.4, 0.5) is 0 Å². The minimum absolute atomic E-state index is 0.419. The van der Waals surface area contributed by atoms with Crippen LogP contribution in [-0.2, 0) is 4.84 Å². The number of hydrogen-bond acceptors (Lipinski definition) is 2. The van der Waals surface area contributed by atoms with E-state index in [4.69, 9.17) is 4.84 Å². The summed E-state index contributed by atoms with van der Waals surface area (Å²) in [5, 5.41) is 0. The van der Waals surface area contributed by atoms with Gasteiger partial charge in [0.2, 0.25) is 0 Å². The maximum atomic E-state index is 4.79. The second-order valence-corrected chi connectivity index (χ2v) is 5.37. The number of rotatable bonds is 0. The Bertz CT molecular complexity index is 21.2. The second-order valence-electron chi connectivity index (χ2n) is 1.10. The van der Waals surface area contributed by atoms with Crippen LogP contribution in [0.5, 0.6) is 0 Å². The fourth-order valence-electron chi connectivity index (χ4n) is 0.361. The molecule has 0 unspecified atom stereocenters. The van der Waals surface area contributed by atoms with Gasteiger partial charge in [0.25, 0.3) is 0 Å². The molecule has 1 aliphatic heterocycles. The summed E-state index contributed by atoms with van der Waals surface area (Å²) < 4.78 is 4.31. The standard InChI is InChI=1S/C2H5NO.Sn.2H/c1-2-4-3;;;/h3H,1-2H2;;;/q-1;+1;;. The molecule has 0 aromatic carbocycles. The average molecular weight is 180 g/mol. The summed E-state index contributed by atoms with van der Waals surface area (Å²) in [5.41, 5.74) is 0. The van der Waals surface area contributed by atoms with Gasteiger partial charge in [0.05, 0.1) is 0 Å². The zero-order chi connectivity index (χ0) is 3.54. The van der Waals surface area contributed by atoms with E-state index in [0.717, 1.165) is 6.61 Å². The molecule has 30 valence electrons. The molecule has 1 saturated heterocycles. The summed E-state index contributed by atoms with van der Waals surface area (Å²) in [4.78, 5) is 4.79. The summed E-state index contributed by atoms with van der Waals surface area (Å²) in [7, 11) is 0. The summed E-state index contributed by atoms with van der Waals surface area (Å²) in [6.45, 7) is 0.982. The predicted octanol–water partition coefficient (Wildman–Crippen LogP) is -0.977. The maximum absolute atomic E-state index is 4.79. The first-order valence-corrected chi connectivity index (χ1v) is 6.72. The topological polar surface area (TPSA) is 21.3 Å². The zero-order valence-corrected chi connectivity index (χ0v) is 7.07. The monoisotopic (exact) mass is 181 g/mol. The van der Waals surface area contributed by atoms with Crippen molar-refractivity contribution in [1.82, 2.24) is 3.70 Å². The minimum atomic E-state index is -0.419. The quantitative estimate of drug-likeness (QED) is 0.483. The zero-order valence-electron chi connectivity index (χ0n) is 3.03. The normalized spacial score (nSPS) is 28.8. The Balaban J connectivity index is 2.08. The van der Waals surface area contributed by atoms with Gasteiger partial charge in [-0.3, -0.25) is 0 Å². The summed E-state index contributed by atoms with van der Waals surface area (Å²) in [6, 6.07) is 0. The van der Waals surface area contributed by atoms with E-state index in [1.165, 1.54) is 4.44 Å². The first-order valence-electron chi connectivity index (χ1n) is 1.85. The van der Waals surface area contributed by atoms with Gasteiger partial charge in [0.1, 0.15) is 0 Å². The van der Waals surface area contributed by atoms with E-state index in [1.807, 2.05) is 0 Å². The molecular formula is C2H7NOSn. The van der Waals surface area contributed by atoms with E-state index < -0.39 is 21.4 Å². The Kier molecular flexibility index (Phi) is 1.55. The Morgan fingerprint density at radius 3 is 3.00 bits per heavy atom. The Morgan fingerprint density at radius 2 is 2.80 bits per heavy atom. The molecular weight excluding hydrogens is 173 g/mol. The average Bonchev–Trinajstić information content (AvgIpc) is 1.76. The van der Waals surface area contributed by atoms with Crippen molar-refractivity contribution in [1.29, 1.82) is 0 Å². The van der Waals surface area contributed by atoms with Crippen LogP contribution in [0.1, 0.15) is 0 Å². The van der Waals surface area contributed by atoms with Crippen LogP contribution in [0.3, 0.4) is 0 Å². The molecule has 0 radical (unpaired) electrons. The molecule has 0 bridgehead atoms. The van der Waals surface area contributed by atoms with Crippen LogP contribution in [0.15, 0.2) is 0 Å². The third-order valence-electron chi connectivity index (χ3n) is 0.627. The van der Waals surface area contributed by atoms with Crippen LogP contribution in [0, 0.1) is 0 Å². The SMILES string of the molecule is C1[CH2][SnH2][NH]O1. The molecule has 1 N–H and O–H groups in total. The summed E-state index contributed by atoms with van der Waals surface area (Å²) in [6.07, 6.45) is 0. The van der Waals surface area contributed by atoms with Gasteiger partial charge in [-0.1, -0.05) is 0 Å². The van der Waals surface area contributed by atoms with Gasteiger partial charge in [-0.25, -0.2) is 0 Å². The van der Waals surface area contributed by atoms with E-state index in [9.17, 15) is 0 Å². The van der Waals surface area contributed by atoms with Crippen molar-refractivity contribution in [3.8, 4) is 0 Å². The summed E-state index contributed by atoms with van der Waals surface area (Å²) >= 11 is -0.419. The van der Waals surface area contributed by atoms with Crippen molar-refractivity contribution in [3.63, 3.8) is 0 Å². The fourth-order valence-corrected chi connectivity index (χ4v) is 2.42. The molecule has 0 aliphatic carbocycles. The van der Waals surface area contributed by atoms with E-state index in [0.29, 0.717) is 0 Å². The van der Waals surface area contributed by atoms with Crippen LogP contribution >= 0.6 is 0 Å². The molecule has 3 heteroatoms. The molecule has 1 heterocycles. The third-order valence-corrected chi connectivity index (χ3v) is 3.63. The molecule has 0 saturated carbocycles. The molecule has 0 aromatic heterocycles. The molecule has 0 amide bonds. The van der Waals surface area contributed by atoms with Crippen LogP contribution in [-0.4, -0.2) is 28.0 Å². The first kappa shape index (κ1) is 3.89. The van der Waals surface area contributed by atoms with Crippen LogP contribution in [0.2, 0.25) is 4.44 Å². The van der Waals surface area contributed by atoms with Crippen LogP contribution in [0.25, 0.3) is 0 Å². The molecule has 0 aromatic rings. The summed E-state index contributed by atoms with van der Waals surface area (Å²) in [5.74, 6) is 0. The van der Waals surface area contributed by atoms with Gasteiger partial charge >= 0.3 is 41.0 Å². The Hall–Kier alpha value is 0.719. The molecule has 0 spiro atoms. The van der Waals surface area contributed by atoms with Crippen molar-refractivity contribution in [2.45, 2.75) is 4.44 Å². The Labute approximate surface area is 41.4 Å². The van der Waals surface area contributed by atoms with Crippen molar-refractivity contribution < 1.29 is 4.84 Å². The van der Waals surface area contributed by atoms with Gasteiger partial charge in [-0.15, -0.1) is 0 Å².